The first-order valence-corrected chi connectivity index (χ1v) is 7.08. The average molecular weight is 293 g/mol. The second-order valence-corrected chi connectivity index (χ2v) is 6.13. The third kappa shape index (κ3) is 4.25. The Morgan fingerprint density at radius 1 is 1.45 bits per heavy atom. The van der Waals surface area contributed by atoms with Crippen LogP contribution in [0.25, 0.3) is 0 Å². The molecule has 0 aromatic carbocycles. The van der Waals surface area contributed by atoms with Crippen LogP contribution < -0.4 is 0 Å². The molecule has 1 aromatic heterocycles. The summed E-state index contributed by atoms with van der Waals surface area (Å²) in [5, 5.41) is 0.331. The van der Waals surface area contributed by atoms with E-state index in [0.717, 1.165) is 12.1 Å². The lowest BCUT2D eigenvalue weighted by atomic mass is 9.91. The number of rotatable bonds is 4. The molecule has 0 spiro atoms. The van der Waals surface area contributed by atoms with E-state index in [1.807, 2.05) is 27.7 Å². The summed E-state index contributed by atoms with van der Waals surface area (Å²) in [6, 6.07) is 3.39. The van der Waals surface area contributed by atoms with E-state index in [1.54, 1.807) is 17.0 Å². The Hall–Kier alpha value is -1.53. The largest absolute Gasteiger partial charge is 0.328 e. The lowest BCUT2D eigenvalue weighted by Gasteiger charge is -2.22. The molecule has 1 aromatic rings. The van der Waals surface area contributed by atoms with Crippen LogP contribution in [0, 0.1) is 12.3 Å². The predicted molar refractivity (Wildman–Crippen MR) is 83.0 cm³/mol. The Kier molecular flexibility index (Phi) is 5.59. The molecular weight excluding hydrogens is 272 g/mol. The Labute approximate surface area is 126 Å². The van der Waals surface area contributed by atoms with E-state index in [9.17, 15) is 4.79 Å². The first-order chi connectivity index (χ1) is 9.29. The van der Waals surface area contributed by atoms with Gasteiger partial charge in [-0.1, -0.05) is 45.2 Å². The van der Waals surface area contributed by atoms with Gasteiger partial charge in [-0.15, -0.1) is 6.42 Å². The van der Waals surface area contributed by atoms with Crippen LogP contribution in [0.4, 0.5) is 0 Å². The van der Waals surface area contributed by atoms with Gasteiger partial charge in [-0.25, -0.2) is 4.98 Å². The molecule has 0 fully saturated rings. The minimum absolute atomic E-state index is 0.0976. The summed E-state index contributed by atoms with van der Waals surface area (Å²) in [5.74, 6) is 2.42. The summed E-state index contributed by atoms with van der Waals surface area (Å²) >= 11 is 6.04. The summed E-state index contributed by atoms with van der Waals surface area (Å²) < 4.78 is 0. The molecule has 0 saturated heterocycles. The Bertz CT molecular complexity index is 526. The Balaban J connectivity index is 3.15. The molecule has 108 valence electrons. The number of halogens is 1. The van der Waals surface area contributed by atoms with E-state index < -0.39 is 0 Å². The van der Waals surface area contributed by atoms with Crippen LogP contribution in [0.1, 0.15) is 50.2 Å². The van der Waals surface area contributed by atoms with Gasteiger partial charge in [-0.2, -0.15) is 0 Å². The van der Waals surface area contributed by atoms with Crippen molar-refractivity contribution in [3.8, 4) is 12.3 Å². The maximum absolute atomic E-state index is 12.5. The summed E-state index contributed by atoms with van der Waals surface area (Å²) in [5.41, 5.74) is 1.17. The van der Waals surface area contributed by atoms with Crippen LogP contribution in [0.3, 0.4) is 0 Å². The van der Waals surface area contributed by atoms with Crippen LogP contribution in [0.15, 0.2) is 12.1 Å². The standard InChI is InChI=1S/C16H21ClN2O/c1-6-8-19(9-7-2)15(20)12-10-13(16(3,4)5)18-14(17)11-12/h1,10-11H,7-9H2,2-5H3. The highest BCUT2D eigenvalue weighted by Crippen LogP contribution is 2.24. The van der Waals surface area contributed by atoms with Gasteiger partial charge in [0.1, 0.15) is 5.15 Å². The monoisotopic (exact) mass is 292 g/mol. The predicted octanol–water partition coefficient (Wildman–Crippen LogP) is 3.52. The fourth-order valence-corrected chi connectivity index (χ4v) is 2.03. The highest BCUT2D eigenvalue weighted by atomic mass is 35.5. The Morgan fingerprint density at radius 2 is 2.10 bits per heavy atom. The van der Waals surface area contributed by atoms with Crippen molar-refractivity contribution in [3.63, 3.8) is 0 Å². The Morgan fingerprint density at radius 3 is 2.60 bits per heavy atom. The molecule has 0 atom stereocenters. The molecule has 1 amide bonds. The fourth-order valence-electron chi connectivity index (χ4n) is 1.82. The smallest absolute Gasteiger partial charge is 0.254 e. The minimum Gasteiger partial charge on any atom is -0.328 e. The molecule has 0 aliphatic carbocycles. The molecular formula is C16H21ClN2O. The molecule has 3 nitrogen and oxygen atoms in total. The zero-order valence-corrected chi connectivity index (χ0v) is 13.3. The van der Waals surface area contributed by atoms with Gasteiger partial charge >= 0.3 is 0 Å². The molecule has 20 heavy (non-hydrogen) atoms. The SMILES string of the molecule is C#CCN(CCC)C(=O)c1cc(Cl)nc(C(C)(C)C)c1. The fraction of sp³-hybridized carbons (Fsp3) is 0.500. The molecule has 0 N–H and O–H groups in total. The van der Waals surface area contributed by atoms with Crippen molar-refractivity contribution in [3.05, 3.63) is 28.5 Å². The van der Waals surface area contributed by atoms with Crippen LogP contribution in [-0.4, -0.2) is 28.9 Å². The molecule has 0 aliphatic rings. The van der Waals surface area contributed by atoms with Gasteiger partial charge in [0.05, 0.1) is 6.54 Å². The average Bonchev–Trinajstić information content (AvgIpc) is 2.36. The first-order valence-electron chi connectivity index (χ1n) is 6.70. The minimum atomic E-state index is -0.165. The topological polar surface area (TPSA) is 33.2 Å². The van der Waals surface area contributed by atoms with Gasteiger partial charge in [-0.05, 0) is 18.6 Å². The van der Waals surface area contributed by atoms with Crippen molar-refractivity contribution < 1.29 is 4.79 Å². The summed E-state index contributed by atoms with van der Waals surface area (Å²) in [6.07, 6.45) is 6.18. The van der Waals surface area contributed by atoms with Crippen LogP contribution in [-0.2, 0) is 5.41 Å². The number of aromatic nitrogens is 1. The van der Waals surface area contributed by atoms with Gasteiger partial charge in [0.15, 0.2) is 0 Å². The van der Waals surface area contributed by atoms with E-state index in [4.69, 9.17) is 18.0 Å². The molecule has 0 unspecified atom stereocenters. The number of nitrogens with zero attached hydrogens (tertiary/aromatic N) is 2. The number of carbonyl (C=O) groups is 1. The van der Waals surface area contributed by atoms with Crippen molar-refractivity contribution in [2.45, 2.75) is 39.5 Å². The summed E-state index contributed by atoms with van der Waals surface area (Å²) in [4.78, 5) is 18.4. The van der Waals surface area contributed by atoms with Gasteiger partial charge in [0, 0.05) is 23.2 Å². The quantitative estimate of drug-likeness (QED) is 0.628. The number of hydrogen-bond donors (Lipinski definition) is 0. The maximum atomic E-state index is 12.5. The summed E-state index contributed by atoms with van der Waals surface area (Å²) in [7, 11) is 0. The van der Waals surface area contributed by atoms with Gasteiger partial charge in [0.2, 0.25) is 0 Å². The van der Waals surface area contributed by atoms with E-state index in [0.29, 0.717) is 23.8 Å². The normalized spacial score (nSPS) is 11.0. The molecule has 4 heteroatoms. The second-order valence-electron chi connectivity index (χ2n) is 5.74. The zero-order valence-electron chi connectivity index (χ0n) is 12.5. The molecule has 0 radical (unpaired) electrons. The van der Waals surface area contributed by atoms with Crippen molar-refractivity contribution in [2.75, 3.05) is 13.1 Å². The van der Waals surface area contributed by atoms with Crippen molar-refractivity contribution in [1.82, 2.24) is 9.88 Å². The third-order valence-corrected chi connectivity index (χ3v) is 3.07. The van der Waals surface area contributed by atoms with E-state index in [2.05, 4.69) is 10.9 Å². The lowest BCUT2D eigenvalue weighted by Crippen LogP contribution is -2.32. The zero-order chi connectivity index (χ0) is 15.3. The number of amides is 1. The van der Waals surface area contributed by atoms with Crippen molar-refractivity contribution in [1.29, 1.82) is 0 Å². The van der Waals surface area contributed by atoms with Gasteiger partial charge in [-0.3, -0.25) is 4.79 Å². The van der Waals surface area contributed by atoms with Crippen LogP contribution in [0.2, 0.25) is 5.15 Å². The first kappa shape index (κ1) is 16.5. The lowest BCUT2D eigenvalue weighted by molar-refractivity contribution is 0.0776. The van der Waals surface area contributed by atoms with Crippen molar-refractivity contribution in [2.24, 2.45) is 0 Å². The van der Waals surface area contributed by atoms with Crippen molar-refractivity contribution >= 4 is 17.5 Å². The van der Waals surface area contributed by atoms with E-state index in [1.165, 1.54) is 0 Å². The van der Waals surface area contributed by atoms with Crippen LogP contribution >= 0.6 is 11.6 Å². The summed E-state index contributed by atoms with van der Waals surface area (Å²) in [6.45, 7) is 9.05. The molecule has 1 rings (SSSR count). The number of hydrogen-bond acceptors (Lipinski definition) is 2. The molecule has 0 aliphatic heterocycles. The molecule has 0 saturated carbocycles. The highest BCUT2D eigenvalue weighted by Gasteiger charge is 2.21. The molecule has 0 bridgehead atoms. The third-order valence-electron chi connectivity index (χ3n) is 2.87. The highest BCUT2D eigenvalue weighted by molar-refractivity contribution is 6.29. The number of pyridine rings is 1. The van der Waals surface area contributed by atoms with Crippen LogP contribution in [0.5, 0.6) is 0 Å². The number of carbonyl (C=O) groups excluding carboxylic acids is 1. The number of terminal acetylenes is 1. The second kappa shape index (κ2) is 6.76. The van der Waals surface area contributed by atoms with E-state index in [-0.39, 0.29) is 11.3 Å². The molecule has 1 heterocycles. The van der Waals surface area contributed by atoms with Gasteiger partial charge < -0.3 is 4.90 Å². The van der Waals surface area contributed by atoms with E-state index >= 15 is 0 Å². The maximum Gasteiger partial charge on any atom is 0.254 e. The van der Waals surface area contributed by atoms with Gasteiger partial charge in [0.25, 0.3) is 5.91 Å².